The van der Waals surface area contributed by atoms with Gasteiger partial charge in [-0.1, -0.05) is 0 Å². The molecule has 166 valence electrons. The summed E-state index contributed by atoms with van der Waals surface area (Å²) in [7, 11) is 1.39. The van der Waals surface area contributed by atoms with Gasteiger partial charge >= 0.3 is 0 Å². The number of aliphatic hydroxyl groups excluding tert-OH is 1. The second-order valence-corrected chi connectivity index (χ2v) is 7.97. The number of carbonyl (C=O) groups is 1. The Hall–Kier alpha value is -3.23. The van der Waals surface area contributed by atoms with Crippen molar-refractivity contribution < 1.29 is 23.1 Å². The van der Waals surface area contributed by atoms with E-state index in [4.69, 9.17) is 17.5 Å². The summed E-state index contributed by atoms with van der Waals surface area (Å²) in [6.45, 7) is 0. The lowest BCUT2D eigenvalue weighted by atomic mass is 9.74. The summed E-state index contributed by atoms with van der Waals surface area (Å²) >= 11 is 5.58. The molecule has 1 saturated carbocycles. The summed E-state index contributed by atoms with van der Waals surface area (Å²) in [4.78, 5) is 18.5. The van der Waals surface area contributed by atoms with Gasteiger partial charge in [0.05, 0.1) is 28.6 Å². The van der Waals surface area contributed by atoms with Crippen molar-refractivity contribution in [3.8, 4) is 6.07 Å². The number of pyridine rings is 1. The lowest BCUT2D eigenvalue weighted by Gasteiger charge is -2.46. The predicted octanol–water partition coefficient (Wildman–Crippen LogP) is 3.24. The largest absolute Gasteiger partial charge is 0.371 e. The summed E-state index contributed by atoms with van der Waals surface area (Å²) in [6, 6.07) is 6.72. The second-order valence-electron chi connectivity index (χ2n) is 7.61. The lowest BCUT2D eigenvalue weighted by molar-refractivity contribution is 0.0596. The minimum absolute atomic E-state index is 0.0796. The van der Waals surface area contributed by atoms with Crippen molar-refractivity contribution in [3.63, 3.8) is 0 Å². The van der Waals surface area contributed by atoms with E-state index in [1.807, 2.05) is 0 Å². The Balaban J connectivity index is 1.78. The van der Waals surface area contributed by atoms with Crippen molar-refractivity contribution in [2.45, 2.75) is 37.5 Å². The number of anilines is 2. The van der Waals surface area contributed by atoms with Crippen LogP contribution in [0.4, 0.5) is 24.5 Å². The monoisotopic (exact) mass is 461 g/mol. The molecule has 2 heterocycles. The predicted molar refractivity (Wildman–Crippen MR) is 114 cm³/mol. The lowest BCUT2D eigenvalue weighted by Crippen LogP contribution is -2.57. The molecule has 32 heavy (non-hydrogen) atoms. The van der Waals surface area contributed by atoms with Crippen LogP contribution in [0.25, 0.3) is 0 Å². The zero-order chi connectivity index (χ0) is 23.2. The van der Waals surface area contributed by atoms with E-state index in [9.17, 15) is 23.1 Å². The molecule has 2 aliphatic rings. The quantitative estimate of drug-likeness (QED) is 0.676. The molecule has 1 saturated heterocycles. The molecule has 2 N–H and O–H groups in total. The fourth-order valence-electron chi connectivity index (χ4n) is 4.22. The minimum Gasteiger partial charge on any atom is -0.371 e. The summed E-state index contributed by atoms with van der Waals surface area (Å²) in [5, 5.41) is 22.7. The standard InChI is InChI=1S/C21H18F3N5O2S/c1-26-18(30)13-4-3-11(8-15(13)22)29-20(32)28(19(31)21(29)5-2-6-21)12-7-14(17(23)24)16(9-25)27-10-12/h3-4,7-8,10,17,19,31H,2,5-6H2,1H3,(H,26,30). The summed E-state index contributed by atoms with van der Waals surface area (Å²) in [6.07, 6.45) is -1.08. The van der Waals surface area contributed by atoms with Crippen LogP contribution in [-0.2, 0) is 0 Å². The Morgan fingerprint density at radius 1 is 1.38 bits per heavy atom. The van der Waals surface area contributed by atoms with Crippen molar-refractivity contribution in [2.75, 3.05) is 16.8 Å². The average molecular weight is 461 g/mol. The third kappa shape index (κ3) is 3.18. The highest BCUT2D eigenvalue weighted by Gasteiger charge is 2.59. The van der Waals surface area contributed by atoms with Crippen LogP contribution in [0.15, 0.2) is 30.5 Å². The van der Waals surface area contributed by atoms with Crippen LogP contribution >= 0.6 is 12.2 Å². The van der Waals surface area contributed by atoms with Crippen LogP contribution in [0.5, 0.6) is 0 Å². The Morgan fingerprint density at radius 3 is 2.62 bits per heavy atom. The molecule has 2 aromatic rings. The van der Waals surface area contributed by atoms with E-state index in [0.29, 0.717) is 18.5 Å². The number of rotatable bonds is 4. The molecule has 0 radical (unpaired) electrons. The van der Waals surface area contributed by atoms with Gasteiger partial charge in [0.25, 0.3) is 12.3 Å². The maximum atomic E-state index is 14.7. The van der Waals surface area contributed by atoms with Gasteiger partial charge in [0, 0.05) is 12.7 Å². The highest BCUT2D eigenvalue weighted by Crippen LogP contribution is 2.50. The molecule has 2 fully saturated rings. The third-order valence-electron chi connectivity index (χ3n) is 5.99. The summed E-state index contributed by atoms with van der Waals surface area (Å²) in [5.41, 5.74) is -1.56. The van der Waals surface area contributed by atoms with E-state index in [1.54, 1.807) is 11.0 Å². The van der Waals surface area contributed by atoms with Crippen molar-refractivity contribution >= 4 is 34.6 Å². The van der Waals surface area contributed by atoms with Crippen LogP contribution < -0.4 is 15.1 Å². The number of hydrogen-bond donors (Lipinski definition) is 2. The SMILES string of the molecule is CNC(=O)c1ccc(N2C(=S)N(c3cnc(C#N)c(C(F)F)c3)C(O)C23CCC3)cc1F. The normalized spacial score (nSPS) is 19.3. The number of alkyl halides is 2. The molecule has 1 spiro atoms. The molecular weight excluding hydrogens is 443 g/mol. The van der Waals surface area contributed by atoms with Crippen molar-refractivity contribution in [3.05, 3.63) is 53.1 Å². The van der Waals surface area contributed by atoms with E-state index >= 15 is 0 Å². The number of aromatic nitrogens is 1. The number of carbonyl (C=O) groups excluding carboxylic acids is 1. The zero-order valence-electron chi connectivity index (χ0n) is 16.8. The highest BCUT2D eigenvalue weighted by atomic mass is 32.1. The first kappa shape index (κ1) is 22.0. The number of aliphatic hydroxyl groups is 1. The molecule has 1 aromatic carbocycles. The number of thiocarbonyl (C=S) groups is 1. The molecule has 1 aromatic heterocycles. The molecule has 1 aliphatic carbocycles. The summed E-state index contributed by atoms with van der Waals surface area (Å²) in [5.74, 6) is -1.34. The molecule has 7 nitrogen and oxygen atoms in total. The third-order valence-corrected chi connectivity index (χ3v) is 6.37. The van der Waals surface area contributed by atoms with Crippen LogP contribution in [0, 0.1) is 17.1 Å². The average Bonchev–Trinajstić information content (AvgIpc) is 2.99. The van der Waals surface area contributed by atoms with E-state index in [2.05, 4.69) is 10.3 Å². The highest BCUT2D eigenvalue weighted by molar-refractivity contribution is 7.80. The number of benzene rings is 1. The van der Waals surface area contributed by atoms with E-state index in [0.717, 1.165) is 18.6 Å². The number of hydrogen-bond acceptors (Lipinski definition) is 5. The zero-order valence-corrected chi connectivity index (χ0v) is 17.7. The van der Waals surface area contributed by atoms with Gasteiger partial charge in [-0.2, -0.15) is 5.26 Å². The summed E-state index contributed by atoms with van der Waals surface area (Å²) < 4.78 is 41.5. The second kappa shape index (κ2) is 8.03. The number of nitriles is 1. The van der Waals surface area contributed by atoms with Gasteiger partial charge in [0.1, 0.15) is 17.6 Å². The Labute approximate surface area is 187 Å². The van der Waals surface area contributed by atoms with Crippen molar-refractivity contribution in [2.24, 2.45) is 0 Å². The molecular formula is C21H18F3N5O2S. The number of nitrogens with one attached hydrogen (secondary N) is 1. The van der Waals surface area contributed by atoms with Gasteiger partial charge in [0.15, 0.2) is 11.3 Å². The van der Waals surface area contributed by atoms with Gasteiger partial charge in [-0.25, -0.2) is 18.2 Å². The molecule has 1 aliphatic heterocycles. The maximum absolute atomic E-state index is 14.7. The topological polar surface area (TPSA) is 92.5 Å². The van der Waals surface area contributed by atoms with Gasteiger partial charge < -0.3 is 15.3 Å². The fraction of sp³-hybridized carbons (Fsp3) is 0.333. The van der Waals surface area contributed by atoms with E-state index in [1.165, 1.54) is 30.3 Å². The first-order valence-corrected chi connectivity index (χ1v) is 10.2. The molecule has 0 bridgehead atoms. The maximum Gasteiger partial charge on any atom is 0.266 e. The Kier molecular flexibility index (Phi) is 5.52. The van der Waals surface area contributed by atoms with Gasteiger partial charge in [-0.05, 0) is 55.7 Å². The molecule has 11 heteroatoms. The smallest absolute Gasteiger partial charge is 0.266 e. The Morgan fingerprint density at radius 2 is 2.09 bits per heavy atom. The van der Waals surface area contributed by atoms with Crippen molar-refractivity contribution in [1.82, 2.24) is 10.3 Å². The number of nitrogens with zero attached hydrogens (tertiary/aromatic N) is 4. The molecule has 1 amide bonds. The molecule has 4 rings (SSSR count). The number of amides is 1. The van der Waals surface area contributed by atoms with Gasteiger partial charge in [0.2, 0.25) is 0 Å². The van der Waals surface area contributed by atoms with Gasteiger partial charge in [-0.15, -0.1) is 0 Å². The van der Waals surface area contributed by atoms with Gasteiger partial charge in [-0.3, -0.25) is 9.69 Å². The Bertz CT molecular complexity index is 1150. The fourth-order valence-corrected chi connectivity index (χ4v) is 4.71. The van der Waals surface area contributed by atoms with Crippen LogP contribution in [-0.4, -0.2) is 39.9 Å². The number of halogens is 3. The van der Waals surface area contributed by atoms with Crippen molar-refractivity contribution in [1.29, 1.82) is 5.26 Å². The van der Waals surface area contributed by atoms with Crippen LogP contribution in [0.3, 0.4) is 0 Å². The van der Waals surface area contributed by atoms with Crippen LogP contribution in [0.2, 0.25) is 0 Å². The van der Waals surface area contributed by atoms with E-state index < -0.39 is 41.2 Å². The first-order valence-electron chi connectivity index (χ1n) is 9.76. The van der Waals surface area contributed by atoms with E-state index in [-0.39, 0.29) is 16.4 Å². The first-order chi connectivity index (χ1) is 15.2. The molecule has 1 atom stereocenters. The molecule has 1 unspecified atom stereocenters. The minimum atomic E-state index is -2.94. The van der Waals surface area contributed by atoms with Crippen LogP contribution in [0.1, 0.15) is 47.3 Å².